The van der Waals surface area contributed by atoms with Crippen molar-refractivity contribution in [1.29, 1.82) is 0 Å². The fourth-order valence-corrected chi connectivity index (χ4v) is 3.70. The lowest BCUT2D eigenvalue weighted by Gasteiger charge is -2.22. The van der Waals surface area contributed by atoms with Gasteiger partial charge in [-0.1, -0.05) is 35.3 Å². The predicted molar refractivity (Wildman–Crippen MR) is 101 cm³/mol. The minimum atomic E-state index is -3.71. The van der Waals surface area contributed by atoms with Crippen molar-refractivity contribution in [3.8, 4) is 0 Å². The van der Waals surface area contributed by atoms with E-state index in [2.05, 4.69) is 21.2 Å². The van der Waals surface area contributed by atoms with Gasteiger partial charge in [0, 0.05) is 14.5 Å². The molecule has 2 rings (SSSR count). The van der Waals surface area contributed by atoms with E-state index >= 15 is 0 Å². The van der Waals surface area contributed by atoms with Crippen LogP contribution in [0.3, 0.4) is 0 Å². The third kappa shape index (κ3) is 5.11. The molecule has 0 heterocycles. The maximum absolute atomic E-state index is 12.3. The number of rotatable bonds is 5. The van der Waals surface area contributed by atoms with Gasteiger partial charge >= 0.3 is 0 Å². The van der Waals surface area contributed by atoms with Crippen LogP contribution in [0.25, 0.3) is 0 Å². The van der Waals surface area contributed by atoms with Crippen molar-refractivity contribution in [2.75, 3.05) is 22.4 Å². The number of nitrogens with zero attached hydrogens (tertiary/aromatic N) is 1. The van der Waals surface area contributed by atoms with E-state index < -0.39 is 22.5 Å². The fourth-order valence-electron chi connectivity index (χ4n) is 1.97. The van der Waals surface area contributed by atoms with Gasteiger partial charge in [0.2, 0.25) is 15.9 Å². The highest BCUT2D eigenvalue weighted by Gasteiger charge is 2.22. The van der Waals surface area contributed by atoms with Gasteiger partial charge in [-0.25, -0.2) is 8.42 Å². The van der Waals surface area contributed by atoms with Gasteiger partial charge < -0.3 is 5.32 Å². The molecule has 0 spiro atoms. The molecule has 0 unspecified atom stereocenters. The predicted octanol–water partition coefficient (Wildman–Crippen LogP) is 4.16. The maximum Gasteiger partial charge on any atom is 0.245 e. The molecule has 0 fully saturated rings. The zero-order valence-corrected chi connectivity index (χ0v) is 16.4. The zero-order valence-electron chi connectivity index (χ0n) is 12.5. The van der Waals surface area contributed by atoms with E-state index in [0.717, 1.165) is 10.6 Å². The number of sulfonamides is 1. The summed E-state index contributed by atoms with van der Waals surface area (Å²) in [6.07, 6.45) is 1.01. The second-order valence-corrected chi connectivity index (χ2v) is 8.56. The van der Waals surface area contributed by atoms with Gasteiger partial charge in [0.15, 0.2) is 0 Å². The Morgan fingerprint density at radius 3 is 2.29 bits per heavy atom. The van der Waals surface area contributed by atoms with Crippen LogP contribution in [-0.2, 0) is 14.8 Å². The van der Waals surface area contributed by atoms with Gasteiger partial charge in [-0.05, 0) is 46.3 Å². The minimum absolute atomic E-state index is 0.220. The highest BCUT2D eigenvalue weighted by atomic mass is 79.9. The second-order valence-electron chi connectivity index (χ2n) is 4.93. The van der Waals surface area contributed by atoms with Crippen LogP contribution in [0.15, 0.2) is 46.9 Å². The molecule has 5 nitrogen and oxygen atoms in total. The first kappa shape index (κ1) is 19.1. The van der Waals surface area contributed by atoms with Crippen molar-refractivity contribution in [1.82, 2.24) is 0 Å². The van der Waals surface area contributed by atoms with Crippen molar-refractivity contribution in [3.05, 3.63) is 57.0 Å². The average Bonchev–Trinajstić information content (AvgIpc) is 2.45. The molecule has 128 valence electrons. The summed E-state index contributed by atoms with van der Waals surface area (Å²) in [6.45, 7) is -0.406. The average molecular weight is 452 g/mol. The topological polar surface area (TPSA) is 66.5 Å². The van der Waals surface area contributed by atoms with Gasteiger partial charge in [0.25, 0.3) is 0 Å². The molecule has 9 heteroatoms. The highest BCUT2D eigenvalue weighted by Crippen LogP contribution is 2.27. The molecule has 0 atom stereocenters. The summed E-state index contributed by atoms with van der Waals surface area (Å²) < 4.78 is 25.8. The maximum atomic E-state index is 12.3. The Labute approximate surface area is 158 Å². The third-order valence-corrected chi connectivity index (χ3v) is 5.24. The van der Waals surface area contributed by atoms with E-state index in [1.54, 1.807) is 24.3 Å². The summed E-state index contributed by atoms with van der Waals surface area (Å²) in [4.78, 5) is 12.3. The van der Waals surface area contributed by atoms with Crippen molar-refractivity contribution < 1.29 is 13.2 Å². The lowest BCUT2D eigenvalue weighted by molar-refractivity contribution is -0.114. The molecular formula is C15H13BrCl2N2O3S. The molecule has 0 aromatic heterocycles. The molecule has 0 saturated heterocycles. The van der Waals surface area contributed by atoms with Crippen LogP contribution >= 0.6 is 39.1 Å². The molecule has 2 aromatic rings. The summed E-state index contributed by atoms with van der Waals surface area (Å²) in [5, 5.41) is 3.20. The second kappa shape index (κ2) is 7.74. The van der Waals surface area contributed by atoms with Crippen LogP contribution in [0.5, 0.6) is 0 Å². The third-order valence-electron chi connectivity index (χ3n) is 2.97. The number of halogens is 3. The zero-order chi connectivity index (χ0) is 17.9. The van der Waals surface area contributed by atoms with E-state index in [9.17, 15) is 13.2 Å². The Morgan fingerprint density at radius 1 is 1.17 bits per heavy atom. The number of para-hydroxylation sites is 1. The summed E-state index contributed by atoms with van der Waals surface area (Å²) in [5.74, 6) is -0.497. The molecule has 0 bridgehead atoms. The van der Waals surface area contributed by atoms with E-state index in [1.165, 1.54) is 18.2 Å². The molecule has 1 N–H and O–H groups in total. The molecule has 0 saturated carbocycles. The number of carbonyl (C=O) groups is 1. The number of carbonyl (C=O) groups excluding carboxylic acids is 1. The van der Waals surface area contributed by atoms with Crippen molar-refractivity contribution in [3.63, 3.8) is 0 Å². The monoisotopic (exact) mass is 450 g/mol. The first-order valence-electron chi connectivity index (χ1n) is 6.65. The number of nitrogens with one attached hydrogen (secondary N) is 1. The number of anilines is 2. The van der Waals surface area contributed by atoms with Crippen LogP contribution in [-0.4, -0.2) is 27.1 Å². The normalized spacial score (nSPS) is 11.2. The number of hydrogen-bond donors (Lipinski definition) is 1. The fraction of sp³-hybridized carbons (Fsp3) is 0.133. The molecule has 0 aliphatic rings. The minimum Gasteiger partial charge on any atom is -0.323 e. The van der Waals surface area contributed by atoms with Gasteiger partial charge in [0.05, 0.1) is 17.6 Å². The van der Waals surface area contributed by atoms with Gasteiger partial charge in [-0.2, -0.15) is 0 Å². The Hall–Kier alpha value is -1.28. The Bertz CT molecular complexity index is 855. The van der Waals surface area contributed by atoms with E-state index in [-0.39, 0.29) is 15.7 Å². The van der Waals surface area contributed by atoms with Crippen LogP contribution in [0.4, 0.5) is 11.4 Å². The van der Waals surface area contributed by atoms with Crippen molar-refractivity contribution in [2.45, 2.75) is 0 Å². The number of hydrogen-bond acceptors (Lipinski definition) is 3. The summed E-state index contributed by atoms with van der Waals surface area (Å²) in [6, 6.07) is 11.4. The van der Waals surface area contributed by atoms with E-state index in [0.29, 0.717) is 10.2 Å². The Morgan fingerprint density at radius 2 is 1.75 bits per heavy atom. The Balaban J connectivity index is 2.27. The molecule has 0 aliphatic heterocycles. The Kier molecular flexibility index (Phi) is 6.14. The van der Waals surface area contributed by atoms with Gasteiger partial charge in [0.1, 0.15) is 6.54 Å². The highest BCUT2D eigenvalue weighted by molar-refractivity contribution is 9.10. The molecule has 24 heavy (non-hydrogen) atoms. The molecule has 1 amide bonds. The standard InChI is InChI=1S/C15H13BrCl2N2O3S/c1-24(22,23)20(12-7-10(17)6-11(18)8-12)9-15(21)19-14-5-3-2-4-13(14)16/h2-8H,9H2,1H3,(H,19,21). The molecule has 0 aliphatic carbocycles. The SMILES string of the molecule is CS(=O)(=O)N(CC(=O)Nc1ccccc1Br)c1cc(Cl)cc(Cl)c1. The lowest BCUT2D eigenvalue weighted by atomic mass is 10.3. The molecule has 0 radical (unpaired) electrons. The van der Waals surface area contributed by atoms with Crippen LogP contribution in [0.1, 0.15) is 0 Å². The van der Waals surface area contributed by atoms with E-state index in [1.807, 2.05) is 0 Å². The van der Waals surface area contributed by atoms with Crippen molar-refractivity contribution >= 4 is 66.4 Å². The first-order valence-corrected chi connectivity index (χ1v) is 10.0. The largest absolute Gasteiger partial charge is 0.323 e. The van der Waals surface area contributed by atoms with E-state index in [4.69, 9.17) is 23.2 Å². The first-order chi connectivity index (χ1) is 11.2. The smallest absolute Gasteiger partial charge is 0.245 e. The van der Waals surface area contributed by atoms with Crippen LogP contribution in [0.2, 0.25) is 10.0 Å². The molecule has 2 aromatic carbocycles. The lowest BCUT2D eigenvalue weighted by Crippen LogP contribution is -2.37. The number of amides is 1. The van der Waals surface area contributed by atoms with Gasteiger partial charge in [-0.3, -0.25) is 9.10 Å². The quantitative estimate of drug-likeness (QED) is 0.741. The van der Waals surface area contributed by atoms with Crippen LogP contribution < -0.4 is 9.62 Å². The van der Waals surface area contributed by atoms with Gasteiger partial charge in [-0.15, -0.1) is 0 Å². The number of benzene rings is 2. The molecular weight excluding hydrogens is 439 g/mol. The summed E-state index contributed by atoms with van der Waals surface area (Å²) >= 11 is 15.2. The summed E-state index contributed by atoms with van der Waals surface area (Å²) in [7, 11) is -3.71. The van der Waals surface area contributed by atoms with Crippen LogP contribution in [0, 0.1) is 0 Å². The summed E-state index contributed by atoms with van der Waals surface area (Å²) in [5.41, 5.74) is 0.761. The van der Waals surface area contributed by atoms with Crippen molar-refractivity contribution in [2.24, 2.45) is 0 Å².